The molecule has 1 aliphatic carbocycles. The first-order valence-corrected chi connectivity index (χ1v) is 11.4. The highest BCUT2D eigenvalue weighted by Gasteiger charge is 2.22. The summed E-state index contributed by atoms with van der Waals surface area (Å²) in [6.45, 7) is 8.69. The smallest absolute Gasteiger partial charge is 0.251 e. The third-order valence-electron chi connectivity index (χ3n) is 6.25. The molecule has 5 nitrogen and oxygen atoms in total. The molecule has 1 aromatic carbocycles. The van der Waals surface area contributed by atoms with Crippen molar-refractivity contribution in [1.29, 1.82) is 0 Å². The lowest BCUT2D eigenvalue weighted by Crippen LogP contribution is -2.40. The van der Waals surface area contributed by atoms with Gasteiger partial charge in [-0.25, -0.2) is 0 Å². The number of rotatable bonds is 7. The molecule has 2 unspecified atom stereocenters. The van der Waals surface area contributed by atoms with Gasteiger partial charge in [-0.15, -0.1) is 0 Å². The van der Waals surface area contributed by atoms with Gasteiger partial charge in [0.05, 0.1) is 0 Å². The van der Waals surface area contributed by atoms with E-state index >= 15 is 0 Å². The van der Waals surface area contributed by atoms with E-state index in [9.17, 15) is 9.59 Å². The number of amides is 2. The van der Waals surface area contributed by atoms with Crippen LogP contribution in [0, 0.1) is 17.8 Å². The largest absolute Gasteiger partial charge is 0.352 e. The molecule has 0 radical (unpaired) electrons. The van der Waals surface area contributed by atoms with Gasteiger partial charge in [0.15, 0.2) is 0 Å². The van der Waals surface area contributed by atoms with Gasteiger partial charge in [-0.1, -0.05) is 39.2 Å². The van der Waals surface area contributed by atoms with Gasteiger partial charge in [-0.05, 0) is 62.3 Å². The van der Waals surface area contributed by atoms with Crippen LogP contribution in [-0.2, 0) is 4.79 Å². The van der Waals surface area contributed by atoms with E-state index in [1.807, 2.05) is 12.1 Å². The molecule has 0 bridgehead atoms. The molecule has 2 amide bonds. The summed E-state index contributed by atoms with van der Waals surface area (Å²) in [5.41, 5.74) is 1.32. The highest BCUT2D eigenvalue weighted by Crippen LogP contribution is 2.25. The second-order valence-corrected chi connectivity index (χ2v) is 9.22. The maximum Gasteiger partial charge on any atom is 0.251 e. The van der Waals surface area contributed by atoms with Gasteiger partial charge in [-0.2, -0.15) is 0 Å². The molecule has 1 saturated carbocycles. The monoisotopic (exact) mass is 399 g/mol. The number of benzene rings is 1. The van der Waals surface area contributed by atoms with Crippen LogP contribution < -0.4 is 10.6 Å². The summed E-state index contributed by atoms with van der Waals surface area (Å²) in [6, 6.07) is 7.28. The lowest BCUT2D eigenvalue weighted by atomic mass is 9.88. The standard InChI is InChI=1S/C24H37N3O2/c1-18-14-19(2)17-27(16-18)13-7-12-25-23(28)21-10-6-11-22(15-21)26-24(29)20-8-4-3-5-9-20/h6,10-11,15,18-20H,3-5,7-9,12-14,16-17H2,1-2H3,(H,25,28)(H,26,29). The van der Waals surface area contributed by atoms with Crippen LogP contribution in [0.1, 0.15) is 69.2 Å². The Morgan fingerprint density at radius 2 is 1.79 bits per heavy atom. The molecule has 1 aliphatic heterocycles. The Bertz CT molecular complexity index is 674. The van der Waals surface area contributed by atoms with Gasteiger partial charge in [0.25, 0.3) is 5.91 Å². The first-order chi connectivity index (χ1) is 14.0. The lowest BCUT2D eigenvalue weighted by Gasteiger charge is -2.34. The molecule has 2 fully saturated rings. The molecule has 2 atom stereocenters. The molecule has 0 aromatic heterocycles. The van der Waals surface area contributed by atoms with Crippen LogP contribution in [-0.4, -0.2) is 42.9 Å². The van der Waals surface area contributed by atoms with E-state index in [-0.39, 0.29) is 17.7 Å². The van der Waals surface area contributed by atoms with E-state index in [4.69, 9.17) is 0 Å². The van der Waals surface area contributed by atoms with Crippen molar-refractivity contribution in [3.63, 3.8) is 0 Å². The molecule has 1 heterocycles. The summed E-state index contributed by atoms with van der Waals surface area (Å²) in [6.07, 6.45) is 7.73. The minimum absolute atomic E-state index is 0.0702. The Morgan fingerprint density at radius 1 is 1.07 bits per heavy atom. The van der Waals surface area contributed by atoms with Gasteiger partial charge in [0.2, 0.25) is 5.91 Å². The van der Waals surface area contributed by atoms with Gasteiger partial charge < -0.3 is 15.5 Å². The molecule has 0 spiro atoms. The number of nitrogens with one attached hydrogen (secondary N) is 2. The number of carbonyl (C=O) groups is 2. The highest BCUT2D eigenvalue weighted by molar-refractivity contribution is 5.97. The van der Waals surface area contributed by atoms with E-state index < -0.39 is 0 Å². The zero-order chi connectivity index (χ0) is 20.6. The second-order valence-electron chi connectivity index (χ2n) is 9.22. The summed E-state index contributed by atoms with van der Waals surface area (Å²) in [4.78, 5) is 27.5. The minimum Gasteiger partial charge on any atom is -0.352 e. The van der Waals surface area contributed by atoms with Gasteiger partial charge in [0, 0.05) is 36.8 Å². The first kappa shape index (κ1) is 21.8. The molecular formula is C24H37N3O2. The van der Waals surface area contributed by atoms with Crippen molar-refractivity contribution in [3.05, 3.63) is 29.8 Å². The number of carbonyl (C=O) groups excluding carboxylic acids is 2. The van der Waals surface area contributed by atoms with Crippen LogP contribution in [0.15, 0.2) is 24.3 Å². The predicted molar refractivity (Wildman–Crippen MR) is 118 cm³/mol. The van der Waals surface area contributed by atoms with Crippen LogP contribution in [0.25, 0.3) is 0 Å². The Kier molecular flexibility index (Phi) is 8.10. The molecule has 1 aromatic rings. The van der Waals surface area contributed by atoms with Crippen LogP contribution in [0.3, 0.4) is 0 Å². The second kappa shape index (κ2) is 10.8. The van der Waals surface area contributed by atoms with Crippen molar-refractivity contribution in [2.75, 3.05) is 31.5 Å². The number of anilines is 1. The third-order valence-corrected chi connectivity index (χ3v) is 6.25. The van der Waals surface area contributed by atoms with Crippen LogP contribution in [0.4, 0.5) is 5.69 Å². The van der Waals surface area contributed by atoms with Crippen molar-refractivity contribution >= 4 is 17.5 Å². The fourth-order valence-corrected chi connectivity index (χ4v) is 4.93. The fraction of sp³-hybridized carbons (Fsp3) is 0.667. The number of hydrogen-bond acceptors (Lipinski definition) is 3. The molecule has 2 aliphatic rings. The summed E-state index contributed by atoms with van der Waals surface area (Å²) >= 11 is 0. The molecular weight excluding hydrogens is 362 g/mol. The highest BCUT2D eigenvalue weighted by atomic mass is 16.2. The zero-order valence-electron chi connectivity index (χ0n) is 18.1. The average molecular weight is 400 g/mol. The fourth-order valence-electron chi connectivity index (χ4n) is 4.93. The quantitative estimate of drug-likeness (QED) is 0.672. The van der Waals surface area contributed by atoms with E-state index in [0.717, 1.165) is 50.5 Å². The molecule has 29 heavy (non-hydrogen) atoms. The third kappa shape index (κ3) is 6.84. The van der Waals surface area contributed by atoms with E-state index in [2.05, 4.69) is 29.4 Å². The van der Waals surface area contributed by atoms with E-state index in [0.29, 0.717) is 17.8 Å². The van der Waals surface area contributed by atoms with Crippen LogP contribution in [0.5, 0.6) is 0 Å². The maximum atomic E-state index is 12.5. The number of hydrogen-bond donors (Lipinski definition) is 2. The Labute approximate surface area is 175 Å². The summed E-state index contributed by atoms with van der Waals surface area (Å²) in [5, 5.41) is 6.03. The van der Waals surface area contributed by atoms with Crippen LogP contribution in [0.2, 0.25) is 0 Å². The minimum atomic E-state index is -0.0702. The van der Waals surface area contributed by atoms with Crippen LogP contribution >= 0.6 is 0 Å². The Hall–Kier alpha value is -1.88. The SMILES string of the molecule is CC1CC(C)CN(CCCNC(=O)c2cccc(NC(=O)C3CCCCC3)c2)C1. The van der Waals surface area contributed by atoms with Gasteiger partial charge in [-0.3, -0.25) is 9.59 Å². The van der Waals surface area contributed by atoms with Crippen molar-refractivity contribution < 1.29 is 9.59 Å². The summed E-state index contributed by atoms with van der Waals surface area (Å²) in [5.74, 6) is 1.66. The molecule has 2 N–H and O–H groups in total. The van der Waals surface area contributed by atoms with Crippen molar-refractivity contribution in [2.45, 2.75) is 58.8 Å². The predicted octanol–water partition coefficient (Wildman–Crippen LogP) is 4.30. The maximum absolute atomic E-state index is 12.5. The molecule has 1 saturated heterocycles. The normalized spacial score (nSPS) is 23.5. The molecule has 5 heteroatoms. The number of piperidine rings is 1. The number of nitrogens with zero attached hydrogens (tertiary/aromatic N) is 1. The Morgan fingerprint density at radius 3 is 2.52 bits per heavy atom. The number of likely N-dealkylation sites (tertiary alicyclic amines) is 1. The van der Waals surface area contributed by atoms with Crippen molar-refractivity contribution in [1.82, 2.24) is 10.2 Å². The molecule has 3 rings (SSSR count). The van der Waals surface area contributed by atoms with Crippen molar-refractivity contribution in [2.24, 2.45) is 17.8 Å². The average Bonchev–Trinajstić information content (AvgIpc) is 2.71. The summed E-state index contributed by atoms with van der Waals surface area (Å²) < 4.78 is 0. The Balaban J connectivity index is 1.42. The zero-order valence-corrected chi connectivity index (χ0v) is 18.1. The van der Waals surface area contributed by atoms with Gasteiger partial charge in [0.1, 0.15) is 0 Å². The topological polar surface area (TPSA) is 61.4 Å². The first-order valence-electron chi connectivity index (χ1n) is 11.4. The summed E-state index contributed by atoms with van der Waals surface area (Å²) in [7, 11) is 0. The lowest BCUT2D eigenvalue weighted by molar-refractivity contribution is -0.120. The molecule has 160 valence electrons. The van der Waals surface area contributed by atoms with Gasteiger partial charge >= 0.3 is 0 Å². The van der Waals surface area contributed by atoms with Crippen molar-refractivity contribution in [3.8, 4) is 0 Å². The van der Waals surface area contributed by atoms with E-state index in [1.54, 1.807) is 12.1 Å². The van der Waals surface area contributed by atoms with E-state index in [1.165, 1.54) is 25.9 Å².